The van der Waals surface area contributed by atoms with Crippen molar-refractivity contribution in [3.05, 3.63) is 65.5 Å². The van der Waals surface area contributed by atoms with Crippen LogP contribution in [0, 0.1) is 0 Å². The second kappa shape index (κ2) is 8.32. The summed E-state index contributed by atoms with van der Waals surface area (Å²) in [6.45, 7) is 0. The minimum absolute atomic E-state index is 0.176. The molecule has 7 nitrogen and oxygen atoms in total. The number of carbonyl (C=O) groups is 1. The van der Waals surface area contributed by atoms with Crippen LogP contribution in [-0.2, 0) is 10.0 Å². The molecule has 0 fully saturated rings. The number of rotatable bonds is 7. The second-order valence-electron chi connectivity index (χ2n) is 5.61. The van der Waals surface area contributed by atoms with Crippen LogP contribution in [0.15, 0.2) is 64.2 Å². The van der Waals surface area contributed by atoms with Crippen molar-refractivity contribution in [3.8, 4) is 11.5 Å². The average molecular weight is 418 g/mol. The van der Waals surface area contributed by atoms with Crippen molar-refractivity contribution < 1.29 is 22.7 Å². The van der Waals surface area contributed by atoms with Gasteiger partial charge in [-0.25, -0.2) is 8.42 Å². The summed E-state index contributed by atoms with van der Waals surface area (Å²) >= 11 is 1.10. The summed E-state index contributed by atoms with van der Waals surface area (Å²) in [5.74, 6) is 0.200. The normalized spacial score (nSPS) is 10.9. The number of thiophene rings is 1. The molecule has 0 unspecified atom stereocenters. The maximum Gasteiger partial charge on any atom is 0.271 e. The molecule has 0 saturated carbocycles. The van der Waals surface area contributed by atoms with Crippen LogP contribution >= 0.6 is 11.3 Å². The molecule has 0 saturated heterocycles. The molecule has 0 bridgehead atoms. The van der Waals surface area contributed by atoms with E-state index in [0.29, 0.717) is 11.3 Å². The number of sulfonamides is 1. The van der Waals surface area contributed by atoms with Crippen LogP contribution in [0.3, 0.4) is 0 Å². The summed E-state index contributed by atoms with van der Waals surface area (Å²) in [4.78, 5) is 12.4. The number of ether oxygens (including phenoxy) is 2. The average Bonchev–Trinajstić information content (AvgIpc) is 3.25. The van der Waals surface area contributed by atoms with Gasteiger partial charge in [0.2, 0.25) is 0 Å². The van der Waals surface area contributed by atoms with Gasteiger partial charge in [-0.3, -0.25) is 9.52 Å². The van der Waals surface area contributed by atoms with Crippen molar-refractivity contribution in [2.75, 3.05) is 24.3 Å². The molecule has 0 aliphatic heterocycles. The first-order valence-electron chi connectivity index (χ1n) is 8.13. The van der Waals surface area contributed by atoms with Gasteiger partial charge < -0.3 is 14.8 Å². The van der Waals surface area contributed by atoms with Crippen LogP contribution in [0.4, 0.5) is 11.4 Å². The van der Waals surface area contributed by atoms with Crippen LogP contribution in [0.5, 0.6) is 11.5 Å². The minimum atomic E-state index is -3.76. The largest absolute Gasteiger partial charge is 0.494 e. The van der Waals surface area contributed by atoms with Gasteiger partial charge >= 0.3 is 0 Å². The van der Waals surface area contributed by atoms with Crippen molar-refractivity contribution in [2.24, 2.45) is 0 Å². The Balaban J connectivity index is 1.93. The fourth-order valence-electron chi connectivity index (χ4n) is 2.47. The molecule has 146 valence electrons. The Hall–Kier alpha value is -3.04. The third kappa shape index (κ3) is 4.26. The lowest BCUT2D eigenvalue weighted by atomic mass is 10.2. The molecule has 0 spiro atoms. The van der Waals surface area contributed by atoms with Gasteiger partial charge in [0, 0.05) is 17.7 Å². The predicted molar refractivity (Wildman–Crippen MR) is 109 cm³/mol. The minimum Gasteiger partial charge on any atom is -0.494 e. The van der Waals surface area contributed by atoms with E-state index in [9.17, 15) is 13.2 Å². The number of amides is 1. The lowest BCUT2D eigenvalue weighted by Gasteiger charge is -2.16. The van der Waals surface area contributed by atoms with E-state index in [0.717, 1.165) is 11.3 Å². The summed E-state index contributed by atoms with van der Waals surface area (Å²) < 4.78 is 38.3. The maximum atomic E-state index is 12.5. The number of anilines is 2. The lowest BCUT2D eigenvalue weighted by molar-refractivity contribution is 0.102. The van der Waals surface area contributed by atoms with Gasteiger partial charge in [0.05, 0.1) is 25.6 Å². The van der Waals surface area contributed by atoms with Crippen LogP contribution in [0.25, 0.3) is 0 Å². The Kier molecular flexibility index (Phi) is 5.86. The van der Waals surface area contributed by atoms with Gasteiger partial charge in [-0.2, -0.15) is 0 Å². The number of benzene rings is 2. The van der Waals surface area contributed by atoms with E-state index in [-0.39, 0.29) is 27.3 Å². The number of carbonyl (C=O) groups excluding carboxylic acids is 1. The standard InChI is InChI=1S/C19H18N2O5S2/c1-25-16-12-15(21-28(23,24)18-9-6-10-27-18)17(26-2)11-14(16)20-19(22)13-7-4-3-5-8-13/h3-12,21H,1-2H3,(H,20,22). The SMILES string of the molecule is COc1cc(NS(=O)(=O)c2cccs2)c(OC)cc1NC(=O)c1ccccc1. The molecule has 1 heterocycles. The molecule has 0 atom stereocenters. The molecule has 3 aromatic rings. The van der Waals surface area contributed by atoms with E-state index in [4.69, 9.17) is 9.47 Å². The second-order valence-corrected chi connectivity index (χ2v) is 8.47. The lowest BCUT2D eigenvalue weighted by Crippen LogP contribution is -2.15. The topological polar surface area (TPSA) is 93.7 Å². The first-order valence-corrected chi connectivity index (χ1v) is 10.5. The van der Waals surface area contributed by atoms with E-state index in [1.165, 1.54) is 32.4 Å². The molecule has 28 heavy (non-hydrogen) atoms. The molecule has 0 radical (unpaired) electrons. The number of hydrogen-bond acceptors (Lipinski definition) is 6. The van der Waals surface area contributed by atoms with Crippen molar-refractivity contribution in [1.82, 2.24) is 0 Å². The van der Waals surface area contributed by atoms with Gasteiger partial charge in [0.1, 0.15) is 15.7 Å². The summed E-state index contributed by atoms with van der Waals surface area (Å²) in [5.41, 5.74) is 1.03. The van der Waals surface area contributed by atoms with Crippen LogP contribution in [-0.4, -0.2) is 28.5 Å². The first-order chi connectivity index (χ1) is 13.4. The molecule has 2 N–H and O–H groups in total. The van der Waals surface area contributed by atoms with Gasteiger partial charge in [0.15, 0.2) is 0 Å². The molecule has 9 heteroatoms. The highest BCUT2D eigenvalue weighted by Crippen LogP contribution is 2.38. The van der Waals surface area contributed by atoms with Gasteiger partial charge in [0.25, 0.3) is 15.9 Å². The third-order valence-electron chi connectivity index (χ3n) is 3.81. The summed E-state index contributed by atoms with van der Waals surface area (Å²) in [7, 11) is -0.922. The monoisotopic (exact) mass is 418 g/mol. The molecule has 2 aromatic carbocycles. The third-order valence-corrected chi connectivity index (χ3v) is 6.57. The summed E-state index contributed by atoms with van der Waals surface area (Å²) in [6.07, 6.45) is 0. The highest BCUT2D eigenvalue weighted by Gasteiger charge is 2.20. The van der Waals surface area contributed by atoms with Crippen molar-refractivity contribution in [1.29, 1.82) is 0 Å². The number of hydrogen-bond donors (Lipinski definition) is 2. The highest BCUT2D eigenvalue weighted by molar-refractivity contribution is 7.94. The van der Waals surface area contributed by atoms with E-state index >= 15 is 0 Å². The van der Waals surface area contributed by atoms with Gasteiger partial charge in [-0.1, -0.05) is 24.3 Å². The van der Waals surface area contributed by atoms with Crippen LogP contribution in [0.1, 0.15) is 10.4 Å². The van der Waals surface area contributed by atoms with E-state index in [2.05, 4.69) is 10.0 Å². The molecule has 0 aliphatic carbocycles. The van der Waals surface area contributed by atoms with Crippen molar-refractivity contribution in [2.45, 2.75) is 4.21 Å². The van der Waals surface area contributed by atoms with E-state index < -0.39 is 10.0 Å². The van der Waals surface area contributed by atoms with E-state index in [1.807, 2.05) is 6.07 Å². The maximum absolute atomic E-state index is 12.5. The van der Waals surface area contributed by atoms with Crippen molar-refractivity contribution in [3.63, 3.8) is 0 Å². The van der Waals surface area contributed by atoms with Gasteiger partial charge in [-0.15, -0.1) is 11.3 Å². The first kappa shape index (κ1) is 19.7. The number of methoxy groups -OCH3 is 2. The molecule has 3 rings (SSSR count). The Morgan fingerprint density at radius 3 is 2.18 bits per heavy atom. The number of nitrogens with one attached hydrogen (secondary N) is 2. The Morgan fingerprint density at radius 1 is 0.929 bits per heavy atom. The Labute approximate surface area is 167 Å². The summed E-state index contributed by atoms with van der Waals surface area (Å²) in [6, 6.07) is 14.8. The van der Waals surface area contributed by atoms with Gasteiger partial charge in [-0.05, 0) is 23.6 Å². The van der Waals surface area contributed by atoms with Crippen LogP contribution in [0.2, 0.25) is 0 Å². The Morgan fingerprint density at radius 2 is 1.57 bits per heavy atom. The van der Waals surface area contributed by atoms with E-state index in [1.54, 1.807) is 35.7 Å². The quantitative estimate of drug-likeness (QED) is 0.608. The molecule has 1 aromatic heterocycles. The Bertz CT molecular complexity index is 1070. The molecular formula is C19H18N2O5S2. The van der Waals surface area contributed by atoms with Crippen LogP contribution < -0.4 is 19.5 Å². The van der Waals surface area contributed by atoms with Crippen molar-refractivity contribution >= 4 is 38.6 Å². The zero-order valence-corrected chi connectivity index (χ0v) is 16.8. The predicted octanol–water partition coefficient (Wildman–Crippen LogP) is 3.82. The zero-order valence-electron chi connectivity index (χ0n) is 15.1. The summed E-state index contributed by atoms with van der Waals surface area (Å²) in [5, 5.41) is 4.43. The molecule has 0 aliphatic rings. The smallest absolute Gasteiger partial charge is 0.271 e. The molecule has 1 amide bonds. The highest BCUT2D eigenvalue weighted by atomic mass is 32.2. The fourth-order valence-corrected chi connectivity index (χ4v) is 4.52. The molecular weight excluding hydrogens is 400 g/mol. The fraction of sp³-hybridized carbons (Fsp3) is 0.105. The zero-order chi connectivity index (χ0) is 20.1.